The van der Waals surface area contributed by atoms with E-state index in [4.69, 9.17) is 14.3 Å². The van der Waals surface area contributed by atoms with Crippen LogP contribution in [0.25, 0.3) is 0 Å². The van der Waals surface area contributed by atoms with E-state index in [9.17, 15) is 0 Å². The van der Waals surface area contributed by atoms with Crippen molar-refractivity contribution in [3.05, 3.63) is 30.3 Å². The van der Waals surface area contributed by atoms with Gasteiger partial charge in [0.2, 0.25) is 0 Å². The highest BCUT2D eigenvalue weighted by molar-refractivity contribution is 6.78. The van der Waals surface area contributed by atoms with Gasteiger partial charge in [0.05, 0.1) is 0 Å². The topological polar surface area (TPSA) is 44.5 Å². The second-order valence-corrected chi connectivity index (χ2v) is 5.39. The van der Waals surface area contributed by atoms with Crippen LogP contribution in [0.3, 0.4) is 0 Å². The summed E-state index contributed by atoms with van der Waals surface area (Å²) in [6, 6.07) is 9.76. The Hall–Kier alpha value is -0.683. The zero-order valence-corrected chi connectivity index (χ0v) is 9.69. The monoisotopic (exact) mass is 211 g/mol. The minimum absolute atomic E-state index is 0.581. The standard InChI is InChI=1S/C10H17NO2Si/c1-3-12-14(11,13-4-2)10-8-6-5-7-9-10/h5-9H,3-4,11H2,1-2H3. The molecule has 0 radical (unpaired) electrons. The SMILES string of the molecule is CCO[Si](N)(OCC)c1ccccc1. The molecule has 78 valence electrons. The quantitative estimate of drug-likeness (QED) is 0.735. The van der Waals surface area contributed by atoms with Crippen molar-refractivity contribution in [3.63, 3.8) is 0 Å². The van der Waals surface area contributed by atoms with Crippen molar-refractivity contribution < 1.29 is 8.85 Å². The van der Waals surface area contributed by atoms with Gasteiger partial charge in [-0.15, -0.1) is 0 Å². The van der Waals surface area contributed by atoms with E-state index in [2.05, 4.69) is 0 Å². The molecule has 0 aliphatic rings. The van der Waals surface area contributed by atoms with E-state index in [0.717, 1.165) is 5.19 Å². The van der Waals surface area contributed by atoms with Gasteiger partial charge in [-0.05, 0) is 13.8 Å². The molecule has 2 N–H and O–H groups in total. The van der Waals surface area contributed by atoms with Gasteiger partial charge in [-0.3, -0.25) is 0 Å². The fourth-order valence-corrected chi connectivity index (χ4v) is 3.24. The Labute approximate surface area is 86.2 Å². The maximum absolute atomic E-state index is 6.13. The highest BCUT2D eigenvalue weighted by Crippen LogP contribution is 2.01. The maximum atomic E-state index is 6.13. The van der Waals surface area contributed by atoms with Crippen molar-refractivity contribution in [2.75, 3.05) is 13.2 Å². The first-order valence-corrected chi connectivity index (χ1v) is 6.74. The summed E-state index contributed by atoms with van der Waals surface area (Å²) < 4.78 is 11.1. The summed E-state index contributed by atoms with van der Waals surface area (Å²) in [5, 5.41) is 7.11. The largest absolute Gasteiger partial charge is 0.457 e. The first-order valence-electron chi connectivity index (χ1n) is 4.85. The van der Waals surface area contributed by atoms with Crippen molar-refractivity contribution in [3.8, 4) is 0 Å². The minimum atomic E-state index is -2.63. The molecule has 0 aromatic heterocycles. The maximum Gasteiger partial charge on any atom is 0.457 e. The molecule has 4 heteroatoms. The summed E-state index contributed by atoms with van der Waals surface area (Å²) in [5.41, 5.74) is 0. The lowest BCUT2D eigenvalue weighted by atomic mass is 10.4. The van der Waals surface area contributed by atoms with Gasteiger partial charge in [-0.2, -0.15) is 0 Å². The first-order chi connectivity index (χ1) is 6.73. The van der Waals surface area contributed by atoms with Crippen LogP contribution >= 0.6 is 0 Å². The fourth-order valence-electron chi connectivity index (χ4n) is 1.31. The van der Waals surface area contributed by atoms with E-state index in [1.54, 1.807) is 0 Å². The lowest BCUT2D eigenvalue weighted by Gasteiger charge is -2.24. The van der Waals surface area contributed by atoms with Gasteiger partial charge in [0.15, 0.2) is 0 Å². The van der Waals surface area contributed by atoms with Crippen LogP contribution in [0.15, 0.2) is 30.3 Å². The van der Waals surface area contributed by atoms with E-state index in [-0.39, 0.29) is 0 Å². The van der Waals surface area contributed by atoms with Gasteiger partial charge in [-0.1, -0.05) is 30.3 Å². The molecule has 1 aromatic rings. The predicted octanol–water partition coefficient (Wildman–Crippen LogP) is 0.864. The van der Waals surface area contributed by atoms with Gasteiger partial charge in [0, 0.05) is 18.4 Å². The molecule has 0 heterocycles. The zero-order chi connectivity index (χ0) is 10.4. The smallest absolute Gasteiger partial charge is 0.380 e. The lowest BCUT2D eigenvalue weighted by molar-refractivity contribution is 0.197. The van der Waals surface area contributed by atoms with Crippen LogP contribution in [0, 0.1) is 0 Å². The molecular weight excluding hydrogens is 194 g/mol. The molecule has 0 aliphatic carbocycles. The van der Waals surface area contributed by atoms with Crippen molar-refractivity contribution >= 4 is 13.9 Å². The van der Waals surface area contributed by atoms with Crippen LogP contribution in [0.4, 0.5) is 0 Å². The van der Waals surface area contributed by atoms with Crippen molar-refractivity contribution in [2.45, 2.75) is 13.8 Å². The molecule has 1 rings (SSSR count). The van der Waals surface area contributed by atoms with Crippen LogP contribution in [0.2, 0.25) is 0 Å². The summed E-state index contributed by atoms with van der Waals surface area (Å²) in [7, 11) is -2.63. The van der Waals surface area contributed by atoms with Gasteiger partial charge in [0.1, 0.15) is 0 Å². The van der Waals surface area contributed by atoms with Gasteiger partial charge >= 0.3 is 8.72 Å². The van der Waals surface area contributed by atoms with Crippen molar-refractivity contribution in [2.24, 2.45) is 5.40 Å². The molecular formula is C10H17NO2Si. The number of benzene rings is 1. The molecule has 0 amide bonds. The van der Waals surface area contributed by atoms with Gasteiger partial charge in [0.25, 0.3) is 0 Å². The third-order valence-electron chi connectivity index (χ3n) is 1.89. The van der Waals surface area contributed by atoms with Crippen LogP contribution in [-0.4, -0.2) is 21.9 Å². The third kappa shape index (κ3) is 2.65. The van der Waals surface area contributed by atoms with Crippen molar-refractivity contribution in [1.29, 1.82) is 0 Å². The molecule has 0 atom stereocenters. The predicted molar refractivity (Wildman–Crippen MR) is 59.3 cm³/mol. The first kappa shape index (κ1) is 11.4. The Morgan fingerprint density at radius 2 is 1.57 bits per heavy atom. The van der Waals surface area contributed by atoms with Crippen LogP contribution in [0.1, 0.15) is 13.8 Å². The molecule has 1 aromatic carbocycles. The number of rotatable bonds is 5. The van der Waals surface area contributed by atoms with Crippen molar-refractivity contribution in [1.82, 2.24) is 0 Å². The number of hydrogen-bond donors (Lipinski definition) is 1. The Kier molecular flexibility index (Phi) is 4.28. The third-order valence-corrected chi connectivity index (χ3v) is 4.47. The normalized spacial score (nSPS) is 11.6. The summed E-state index contributed by atoms with van der Waals surface area (Å²) >= 11 is 0. The van der Waals surface area contributed by atoms with Gasteiger partial charge < -0.3 is 14.3 Å². The molecule has 0 bridgehead atoms. The second kappa shape index (κ2) is 5.26. The highest BCUT2D eigenvalue weighted by Gasteiger charge is 2.35. The Morgan fingerprint density at radius 1 is 1.07 bits per heavy atom. The van der Waals surface area contributed by atoms with E-state index in [1.165, 1.54) is 0 Å². The molecule has 3 nitrogen and oxygen atoms in total. The summed E-state index contributed by atoms with van der Waals surface area (Å²) in [6.45, 7) is 5.02. The number of nitrogens with two attached hydrogens (primary N) is 1. The minimum Gasteiger partial charge on any atom is -0.380 e. The fraction of sp³-hybridized carbons (Fsp3) is 0.400. The number of hydrogen-bond acceptors (Lipinski definition) is 3. The second-order valence-electron chi connectivity index (χ2n) is 2.90. The van der Waals surface area contributed by atoms with E-state index in [0.29, 0.717) is 13.2 Å². The molecule has 0 aliphatic heterocycles. The van der Waals surface area contributed by atoms with Gasteiger partial charge in [-0.25, -0.2) is 0 Å². The average Bonchev–Trinajstić information content (AvgIpc) is 2.20. The molecule has 0 saturated carbocycles. The van der Waals surface area contributed by atoms with Crippen LogP contribution in [-0.2, 0) is 8.85 Å². The Bertz CT molecular complexity index is 260. The molecule has 0 fully saturated rings. The molecule has 0 spiro atoms. The van der Waals surface area contributed by atoms with E-state index in [1.807, 2.05) is 44.2 Å². The Balaban J connectivity index is 2.87. The van der Waals surface area contributed by atoms with Crippen LogP contribution in [0.5, 0.6) is 0 Å². The lowest BCUT2D eigenvalue weighted by Crippen LogP contribution is -2.62. The molecule has 0 saturated heterocycles. The molecule has 14 heavy (non-hydrogen) atoms. The summed E-state index contributed by atoms with van der Waals surface area (Å²) in [4.78, 5) is 0. The summed E-state index contributed by atoms with van der Waals surface area (Å²) in [5.74, 6) is 0. The Morgan fingerprint density at radius 3 is 2.00 bits per heavy atom. The van der Waals surface area contributed by atoms with E-state index >= 15 is 0 Å². The molecule has 0 unspecified atom stereocenters. The zero-order valence-electron chi connectivity index (χ0n) is 8.69. The van der Waals surface area contributed by atoms with E-state index < -0.39 is 8.72 Å². The average molecular weight is 211 g/mol. The summed E-state index contributed by atoms with van der Waals surface area (Å²) in [6.07, 6.45) is 0. The highest BCUT2D eigenvalue weighted by atomic mass is 28.4. The van der Waals surface area contributed by atoms with Crippen LogP contribution < -0.4 is 10.6 Å².